The molecule has 0 aliphatic carbocycles. The van der Waals surface area contributed by atoms with Crippen LogP contribution >= 0.6 is 11.3 Å². The number of nitrogens with zero attached hydrogens (tertiary/aromatic N) is 2. The van der Waals surface area contributed by atoms with Gasteiger partial charge in [0, 0.05) is 6.20 Å². The van der Waals surface area contributed by atoms with Crippen molar-refractivity contribution in [2.45, 2.75) is 26.1 Å². The number of hydrogen-bond donors (Lipinski definition) is 2. The van der Waals surface area contributed by atoms with E-state index in [1.807, 2.05) is 0 Å². The lowest BCUT2D eigenvalue weighted by Gasteiger charge is -2.14. The maximum absolute atomic E-state index is 12.3. The number of rotatable bonds is 6. The Morgan fingerprint density at radius 3 is 2.69 bits per heavy atom. The number of aryl methyl sites for hydroxylation is 1. The summed E-state index contributed by atoms with van der Waals surface area (Å²) < 4.78 is 41.5. The first-order valence-electron chi connectivity index (χ1n) is 7.24. The van der Waals surface area contributed by atoms with Gasteiger partial charge in [-0.15, -0.1) is 11.3 Å². The quantitative estimate of drug-likeness (QED) is 0.788. The molecule has 2 rings (SSSR count). The Hall–Kier alpha value is -2.69. The van der Waals surface area contributed by atoms with Crippen LogP contribution in [0.1, 0.15) is 43.7 Å². The van der Waals surface area contributed by atoms with Gasteiger partial charge in [0.05, 0.1) is 11.7 Å². The van der Waals surface area contributed by atoms with E-state index in [9.17, 15) is 22.8 Å². The van der Waals surface area contributed by atoms with Crippen LogP contribution in [0.5, 0.6) is 5.88 Å². The summed E-state index contributed by atoms with van der Waals surface area (Å²) >= 11 is 0.910. The van der Waals surface area contributed by atoms with Crippen molar-refractivity contribution in [1.29, 1.82) is 0 Å². The lowest BCUT2D eigenvalue weighted by Crippen LogP contribution is -2.28. The maximum atomic E-state index is 12.3. The van der Waals surface area contributed by atoms with Gasteiger partial charge < -0.3 is 15.2 Å². The Morgan fingerprint density at radius 1 is 1.42 bits per heavy atom. The molecule has 7 nitrogen and oxygen atoms in total. The van der Waals surface area contributed by atoms with Gasteiger partial charge in [0.25, 0.3) is 5.91 Å². The standard InChI is InChI=1S/C15H14F3N3O4S/c1-7-10(14(23)24)26-13(21-7)8(2)20-11(22)9-4-3-5-19-12(9)25-6-15(16,17)18/h3-5,8H,6H2,1-2H3,(H,20,22)(H,23,24). The van der Waals surface area contributed by atoms with Gasteiger partial charge in [0.2, 0.25) is 5.88 Å². The molecule has 1 unspecified atom stereocenters. The highest BCUT2D eigenvalue weighted by molar-refractivity contribution is 7.13. The van der Waals surface area contributed by atoms with E-state index in [1.165, 1.54) is 25.3 Å². The van der Waals surface area contributed by atoms with Crippen molar-refractivity contribution in [3.05, 3.63) is 39.5 Å². The molecule has 0 aliphatic heterocycles. The maximum Gasteiger partial charge on any atom is 0.422 e. The Kier molecular flexibility index (Phi) is 5.80. The third kappa shape index (κ3) is 4.91. The minimum Gasteiger partial charge on any atom is -0.477 e. The highest BCUT2D eigenvalue weighted by Crippen LogP contribution is 2.25. The molecule has 0 saturated heterocycles. The van der Waals surface area contributed by atoms with Crippen molar-refractivity contribution >= 4 is 23.2 Å². The van der Waals surface area contributed by atoms with Crippen LogP contribution in [0, 0.1) is 6.92 Å². The van der Waals surface area contributed by atoms with Crippen LogP contribution in [0.15, 0.2) is 18.3 Å². The highest BCUT2D eigenvalue weighted by atomic mass is 32.1. The Balaban J connectivity index is 2.14. The van der Waals surface area contributed by atoms with Gasteiger partial charge >= 0.3 is 12.1 Å². The number of carbonyl (C=O) groups is 2. The second-order valence-corrected chi connectivity index (χ2v) is 6.26. The molecule has 0 aromatic carbocycles. The third-order valence-electron chi connectivity index (χ3n) is 3.11. The Labute approximate surface area is 149 Å². The smallest absolute Gasteiger partial charge is 0.422 e. The highest BCUT2D eigenvalue weighted by Gasteiger charge is 2.30. The fraction of sp³-hybridized carbons (Fsp3) is 0.333. The molecule has 0 spiro atoms. The fourth-order valence-corrected chi connectivity index (χ4v) is 2.87. The van der Waals surface area contributed by atoms with E-state index in [0.717, 1.165) is 11.3 Å². The normalized spacial score (nSPS) is 12.5. The van der Waals surface area contributed by atoms with E-state index in [4.69, 9.17) is 5.11 Å². The molecule has 26 heavy (non-hydrogen) atoms. The van der Waals surface area contributed by atoms with Crippen molar-refractivity contribution < 1.29 is 32.6 Å². The SMILES string of the molecule is Cc1nc(C(C)NC(=O)c2cccnc2OCC(F)(F)F)sc1C(=O)O. The number of alkyl halides is 3. The van der Waals surface area contributed by atoms with Crippen molar-refractivity contribution in [1.82, 2.24) is 15.3 Å². The van der Waals surface area contributed by atoms with Gasteiger partial charge in [0.15, 0.2) is 6.61 Å². The molecule has 0 radical (unpaired) electrons. The predicted octanol–water partition coefficient (Wildman–Crippen LogP) is 2.98. The van der Waals surface area contributed by atoms with E-state index in [1.54, 1.807) is 6.92 Å². The van der Waals surface area contributed by atoms with E-state index < -0.39 is 36.6 Å². The molecule has 140 valence electrons. The number of ether oxygens (including phenoxy) is 1. The van der Waals surface area contributed by atoms with Gasteiger partial charge in [-0.25, -0.2) is 14.8 Å². The summed E-state index contributed by atoms with van der Waals surface area (Å²) in [5.41, 5.74) is 0.143. The van der Waals surface area contributed by atoms with Gasteiger partial charge in [0.1, 0.15) is 15.4 Å². The molecular formula is C15H14F3N3O4S. The number of thiazole rings is 1. The largest absolute Gasteiger partial charge is 0.477 e. The summed E-state index contributed by atoms with van der Waals surface area (Å²) in [6, 6.07) is 2.00. The van der Waals surface area contributed by atoms with Crippen LogP contribution < -0.4 is 10.1 Å². The second-order valence-electron chi connectivity index (χ2n) is 5.23. The first kappa shape index (κ1) is 19.6. The predicted molar refractivity (Wildman–Crippen MR) is 85.5 cm³/mol. The number of aromatic nitrogens is 2. The number of carboxylic acids is 1. The van der Waals surface area contributed by atoms with E-state index in [2.05, 4.69) is 20.0 Å². The minimum atomic E-state index is -4.57. The Bertz CT molecular complexity index is 823. The van der Waals surface area contributed by atoms with Crippen LogP contribution in [0.2, 0.25) is 0 Å². The summed E-state index contributed by atoms with van der Waals surface area (Å²) in [6.07, 6.45) is -3.36. The molecule has 2 aromatic rings. The summed E-state index contributed by atoms with van der Waals surface area (Å²) in [5.74, 6) is -2.29. The molecule has 0 bridgehead atoms. The molecule has 0 fully saturated rings. The molecule has 2 aromatic heterocycles. The number of amides is 1. The molecule has 0 saturated carbocycles. The zero-order valence-electron chi connectivity index (χ0n) is 13.6. The lowest BCUT2D eigenvalue weighted by molar-refractivity contribution is -0.154. The number of pyridine rings is 1. The fourth-order valence-electron chi connectivity index (χ4n) is 1.97. The van der Waals surface area contributed by atoms with Crippen molar-refractivity contribution in [3.63, 3.8) is 0 Å². The van der Waals surface area contributed by atoms with Crippen LogP contribution in [0.25, 0.3) is 0 Å². The molecular weight excluding hydrogens is 375 g/mol. The summed E-state index contributed by atoms with van der Waals surface area (Å²) in [5, 5.41) is 11.9. The van der Waals surface area contributed by atoms with Crippen molar-refractivity contribution in [2.24, 2.45) is 0 Å². The lowest BCUT2D eigenvalue weighted by atomic mass is 10.2. The average Bonchev–Trinajstić information content (AvgIpc) is 2.94. The topological polar surface area (TPSA) is 101 Å². The molecule has 1 atom stereocenters. The number of nitrogens with one attached hydrogen (secondary N) is 1. The van der Waals surface area contributed by atoms with Crippen LogP contribution in [-0.2, 0) is 0 Å². The number of carboxylic acid groups (broad SMARTS) is 1. The first-order valence-corrected chi connectivity index (χ1v) is 8.06. The monoisotopic (exact) mass is 389 g/mol. The van der Waals surface area contributed by atoms with Gasteiger partial charge in [-0.05, 0) is 26.0 Å². The van der Waals surface area contributed by atoms with E-state index >= 15 is 0 Å². The Morgan fingerprint density at radius 2 is 2.12 bits per heavy atom. The molecule has 1 amide bonds. The average molecular weight is 389 g/mol. The van der Waals surface area contributed by atoms with Gasteiger partial charge in [-0.1, -0.05) is 0 Å². The van der Waals surface area contributed by atoms with Crippen molar-refractivity contribution in [3.8, 4) is 5.88 Å². The molecule has 2 N–H and O–H groups in total. The molecule has 2 heterocycles. The third-order valence-corrected chi connectivity index (χ3v) is 4.44. The number of carbonyl (C=O) groups excluding carboxylic acids is 1. The zero-order chi connectivity index (χ0) is 19.5. The number of hydrogen-bond acceptors (Lipinski definition) is 6. The van der Waals surface area contributed by atoms with Crippen LogP contribution in [0.4, 0.5) is 13.2 Å². The first-order chi connectivity index (χ1) is 12.1. The van der Waals surface area contributed by atoms with Gasteiger partial charge in [-0.3, -0.25) is 4.79 Å². The van der Waals surface area contributed by atoms with Gasteiger partial charge in [-0.2, -0.15) is 13.2 Å². The second kappa shape index (κ2) is 7.68. The summed E-state index contributed by atoms with van der Waals surface area (Å²) in [7, 11) is 0. The summed E-state index contributed by atoms with van der Waals surface area (Å²) in [4.78, 5) is 31.2. The van der Waals surface area contributed by atoms with Crippen molar-refractivity contribution in [2.75, 3.05) is 6.61 Å². The molecule has 11 heteroatoms. The minimum absolute atomic E-state index is 0.0525. The van der Waals surface area contributed by atoms with E-state index in [0.29, 0.717) is 10.7 Å². The number of aromatic carboxylic acids is 1. The zero-order valence-corrected chi connectivity index (χ0v) is 14.4. The molecule has 0 aliphatic rings. The van der Waals surface area contributed by atoms with Crippen LogP contribution in [-0.4, -0.2) is 39.7 Å². The summed E-state index contributed by atoms with van der Waals surface area (Å²) in [6.45, 7) is 1.53. The van der Waals surface area contributed by atoms with Crippen LogP contribution in [0.3, 0.4) is 0 Å². The van der Waals surface area contributed by atoms with E-state index in [-0.39, 0.29) is 10.4 Å². The number of halogens is 3.